The van der Waals surface area contributed by atoms with Crippen molar-refractivity contribution in [2.24, 2.45) is 0 Å². The summed E-state index contributed by atoms with van der Waals surface area (Å²) in [7, 11) is 0. The van der Waals surface area contributed by atoms with E-state index in [1.807, 2.05) is 20.8 Å². The highest BCUT2D eigenvalue weighted by molar-refractivity contribution is 5.95. The Morgan fingerprint density at radius 3 is 2.88 bits per heavy atom. The second kappa shape index (κ2) is 5.37. The van der Waals surface area contributed by atoms with Gasteiger partial charge in [0.15, 0.2) is 5.82 Å². The van der Waals surface area contributed by atoms with E-state index >= 15 is 0 Å². The lowest BCUT2D eigenvalue weighted by molar-refractivity contribution is 0.0311. The Kier molecular flexibility index (Phi) is 3.42. The van der Waals surface area contributed by atoms with E-state index in [1.165, 1.54) is 0 Å². The van der Waals surface area contributed by atoms with Gasteiger partial charge in [0, 0.05) is 29.9 Å². The predicted molar refractivity (Wildman–Crippen MR) is 86.9 cm³/mol. The minimum absolute atomic E-state index is 0.0510. The van der Waals surface area contributed by atoms with Gasteiger partial charge >= 0.3 is 0 Å². The minimum Gasteiger partial charge on any atom is -0.370 e. The molecule has 24 heavy (non-hydrogen) atoms. The molecule has 0 aliphatic carbocycles. The Morgan fingerprint density at radius 1 is 1.33 bits per heavy atom. The fourth-order valence-electron chi connectivity index (χ4n) is 3.43. The number of ether oxygens (including phenoxy) is 1. The number of hydrogen-bond donors (Lipinski definition) is 1. The van der Waals surface area contributed by atoms with Crippen LogP contribution in [-0.4, -0.2) is 37.3 Å². The lowest BCUT2D eigenvalue weighted by Crippen LogP contribution is -2.42. The standard InChI is InChI=1S/C17H21N5O2/c1-17(2,3)20-16(23)15-14-11(8-10-4-5-12(14)24-10)21-22(15)13-9-18-6-7-19-13/h6-7,9-10,12H,4-5,8H2,1-3H3,(H,20,23). The van der Waals surface area contributed by atoms with Crippen LogP contribution in [0.2, 0.25) is 0 Å². The van der Waals surface area contributed by atoms with Crippen LogP contribution in [0.5, 0.6) is 0 Å². The molecule has 2 aromatic rings. The van der Waals surface area contributed by atoms with Crippen molar-refractivity contribution in [1.29, 1.82) is 0 Å². The summed E-state index contributed by atoms with van der Waals surface area (Å²) >= 11 is 0. The molecule has 4 heterocycles. The number of fused-ring (bicyclic) bond motifs is 4. The Labute approximate surface area is 140 Å². The number of nitrogens with zero attached hydrogens (tertiary/aromatic N) is 4. The second-order valence-corrected chi connectivity index (χ2v) is 7.42. The van der Waals surface area contributed by atoms with Gasteiger partial charge in [-0.1, -0.05) is 0 Å². The summed E-state index contributed by atoms with van der Waals surface area (Å²) in [4.78, 5) is 21.4. The first-order valence-corrected chi connectivity index (χ1v) is 8.28. The number of carbonyl (C=O) groups is 1. The van der Waals surface area contributed by atoms with Crippen molar-refractivity contribution in [2.45, 2.75) is 57.8 Å². The Bertz CT molecular complexity index is 778. The molecule has 2 unspecified atom stereocenters. The highest BCUT2D eigenvalue weighted by Crippen LogP contribution is 2.42. The van der Waals surface area contributed by atoms with E-state index in [0.29, 0.717) is 11.5 Å². The van der Waals surface area contributed by atoms with Crippen LogP contribution in [0.4, 0.5) is 0 Å². The van der Waals surface area contributed by atoms with E-state index in [9.17, 15) is 4.79 Å². The average Bonchev–Trinajstić information content (AvgIpc) is 3.09. The van der Waals surface area contributed by atoms with Crippen LogP contribution in [-0.2, 0) is 11.2 Å². The van der Waals surface area contributed by atoms with Crippen molar-refractivity contribution in [1.82, 2.24) is 25.1 Å². The zero-order chi connectivity index (χ0) is 16.9. The molecular formula is C17H21N5O2. The fourth-order valence-corrected chi connectivity index (χ4v) is 3.43. The number of nitrogens with one attached hydrogen (secondary N) is 1. The molecule has 2 aromatic heterocycles. The van der Waals surface area contributed by atoms with Gasteiger partial charge in [-0.25, -0.2) is 9.67 Å². The summed E-state index contributed by atoms with van der Waals surface area (Å²) in [6.07, 6.45) is 7.68. The van der Waals surface area contributed by atoms with Gasteiger partial charge in [0.05, 0.1) is 24.1 Å². The molecular weight excluding hydrogens is 306 g/mol. The molecule has 126 valence electrons. The van der Waals surface area contributed by atoms with E-state index in [4.69, 9.17) is 4.74 Å². The first-order chi connectivity index (χ1) is 11.4. The number of carbonyl (C=O) groups excluding carboxylic acids is 1. The van der Waals surface area contributed by atoms with E-state index in [1.54, 1.807) is 23.3 Å². The van der Waals surface area contributed by atoms with Gasteiger partial charge in [-0.05, 0) is 33.6 Å². The third kappa shape index (κ3) is 2.58. The van der Waals surface area contributed by atoms with Crippen molar-refractivity contribution < 1.29 is 9.53 Å². The van der Waals surface area contributed by atoms with Gasteiger partial charge in [0.2, 0.25) is 0 Å². The average molecular weight is 327 g/mol. The van der Waals surface area contributed by atoms with Crippen molar-refractivity contribution >= 4 is 5.91 Å². The summed E-state index contributed by atoms with van der Waals surface area (Å²) < 4.78 is 7.64. The topological polar surface area (TPSA) is 81.9 Å². The summed E-state index contributed by atoms with van der Waals surface area (Å²) in [6, 6.07) is 0. The quantitative estimate of drug-likeness (QED) is 0.912. The van der Waals surface area contributed by atoms with Crippen LogP contribution >= 0.6 is 0 Å². The Morgan fingerprint density at radius 2 is 2.17 bits per heavy atom. The molecule has 0 radical (unpaired) electrons. The zero-order valence-corrected chi connectivity index (χ0v) is 14.1. The number of hydrogen-bond acceptors (Lipinski definition) is 5. The SMILES string of the molecule is CC(C)(C)NC(=O)c1c2c(nn1-c1cnccn1)CC1CCC2O1. The van der Waals surface area contributed by atoms with Crippen LogP contribution < -0.4 is 5.32 Å². The van der Waals surface area contributed by atoms with Crippen molar-refractivity contribution in [3.05, 3.63) is 35.5 Å². The van der Waals surface area contributed by atoms with Crippen molar-refractivity contribution in [3.8, 4) is 5.82 Å². The van der Waals surface area contributed by atoms with Gasteiger partial charge < -0.3 is 10.1 Å². The van der Waals surface area contributed by atoms with Gasteiger partial charge in [-0.2, -0.15) is 5.10 Å². The van der Waals surface area contributed by atoms with Crippen LogP contribution in [0.3, 0.4) is 0 Å². The summed E-state index contributed by atoms with van der Waals surface area (Å²) in [5.74, 6) is 0.387. The monoisotopic (exact) mass is 327 g/mol. The van der Waals surface area contributed by atoms with Gasteiger partial charge in [-0.3, -0.25) is 9.78 Å². The van der Waals surface area contributed by atoms with E-state index < -0.39 is 0 Å². The number of aromatic nitrogens is 4. The largest absolute Gasteiger partial charge is 0.370 e. The third-order valence-corrected chi connectivity index (χ3v) is 4.32. The molecule has 0 aromatic carbocycles. The predicted octanol–water partition coefficient (Wildman–Crippen LogP) is 1.97. The molecule has 2 aliphatic rings. The first kappa shape index (κ1) is 15.3. The Hall–Kier alpha value is -2.28. The molecule has 7 nitrogen and oxygen atoms in total. The van der Waals surface area contributed by atoms with Gasteiger partial charge in [0.1, 0.15) is 5.69 Å². The summed E-state index contributed by atoms with van der Waals surface area (Å²) in [6.45, 7) is 5.88. The van der Waals surface area contributed by atoms with Gasteiger partial charge in [-0.15, -0.1) is 0 Å². The molecule has 1 saturated heterocycles. The molecule has 2 aliphatic heterocycles. The molecule has 0 saturated carbocycles. The van der Waals surface area contributed by atoms with Crippen LogP contribution in [0, 0.1) is 0 Å². The molecule has 7 heteroatoms. The van der Waals surface area contributed by atoms with Gasteiger partial charge in [0.25, 0.3) is 5.91 Å². The van der Waals surface area contributed by atoms with E-state index in [2.05, 4.69) is 20.4 Å². The normalized spacial score (nSPS) is 22.3. The highest BCUT2D eigenvalue weighted by Gasteiger charge is 2.41. The number of amides is 1. The van der Waals surface area contributed by atoms with Crippen molar-refractivity contribution in [3.63, 3.8) is 0 Å². The highest BCUT2D eigenvalue weighted by atomic mass is 16.5. The Balaban J connectivity index is 1.86. The fraction of sp³-hybridized carbons (Fsp3) is 0.529. The molecule has 0 spiro atoms. The molecule has 1 amide bonds. The lowest BCUT2D eigenvalue weighted by Gasteiger charge is -2.23. The van der Waals surface area contributed by atoms with E-state index in [-0.39, 0.29) is 23.7 Å². The smallest absolute Gasteiger partial charge is 0.270 e. The van der Waals surface area contributed by atoms with E-state index in [0.717, 1.165) is 30.5 Å². The molecule has 2 bridgehead atoms. The first-order valence-electron chi connectivity index (χ1n) is 8.28. The van der Waals surface area contributed by atoms with Crippen LogP contribution in [0.15, 0.2) is 18.6 Å². The zero-order valence-electron chi connectivity index (χ0n) is 14.1. The van der Waals surface area contributed by atoms with Crippen LogP contribution in [0.25, 0.3) is 5.82 Å². The maximum Gasteiger partial charge on any atom is 0.270 e. The summed E-state index contributed by atoms with van der Waals surface area (Å²) in [5.41, 5.74) is 2.04. The molecule has 2 atom stereocenters. The molecule has 1 N–H and O–H groups in total. The summed E-state index contributed by atoms with van der Waals surface area (Å²) in [5, 5.41) is 7.72. The molecule has 1 fully saturated rings. The van der Waals surface area contributed by atoms with Crippen molar-refractivity contribution in [2.75, 3.05) is 0 Å². The maximum atomic E-state index is 13.0. The maximum absolute atomic E-state index is 13.0. The third-order valence-electron chi connectivity index (χ3n) is 4.32. The molecule has 4 rings (SSSR count). The number of rotatable bonds is 2. The lowest BCUT2D eigenvalue weighted by atomic mass is 10.0. The minimum atomic E-state index is -0.338. The van der Waals surface area contributed by atoms with Crippen LogP contribution in [0.1, 0.15) is 61.5 Å². The second-order valence-electron chi connectivity index (χ2n) is 7.42.